The molecule has 1 aromatic carbocycles. The van der Waals surface area contributed by atoms with Crippen LogP contribution >= 0.6 is 0 Å². The maximum Gasteiger partial charge on any atom is 0.243 e. The van der Waals surface area contributed by atoms with Gasteiger partial charge in [-0.2, -0.15) is 4.31 Å². The highest BCUT2D eigenvalue weighted by Gasteiger charge is 2.37. The van der Waals surface area contributed by atoms with Gasteiger partial charge in [-0.1, -0.05) is 18.2 Å². The van der Waals surface area contributed by atoms with Crippen LogP contribution in [0.1, 0.15) is 24.6 Å². The third-order valence-corrected chi connectivity index (χ3v) is 6.29. The van der Waals surface area contributed by atoms with Gasteiger partial charge in [0.1, 0.15) is 11.6 Å². The minimum absolute atomic E-state index is 0.290. The molecule has 0 saturated carbocycles. The molecule has 2 aromatic heterocycles. The summed E-state index contributed by atoms with van der Waals surface area (Å²) in [5, 5.41) is 3.04. The van der Waals surface area contributed by atoms with E-state index >= 15 is 0 Å². The summed E-state index contributed by atoms with van der Waals surface area (Å²) in [7, 11) is -3.58. The summed E-state index contributed by atoms with van der Waals surface area (Å²) in [6.07, 6.45) is 9.41. The molecule has 1 aliphatic rings. The first-order chi connectivity index (χ1) is 13.1. The molecule has 4 rings (SSSR count). The van der Waals surface area contributed by atoms with Crippen LogP contribution in [0.3, 0.4) is 0 Å². The van der Waals surface area contributed by atoms with E-state index in [0.29, 0.717) is 35.2 Å². The van der Waals surface area contributed by atoms with Crippen molar-refractivity contribution in [1.82, 2.24) is 24.2 Å². The molecule has 9 heteroatoms. The molecule has 3 aromatic rings. The SMILES string of the molecule is O=S(=O)(c1ccccc1)N1CCC[C@@H]1c1cncc(Nc2cnccn2)n1. The largest absolute Gasteiger partial charge is 0.322 e. The standard InChI is InChI=1S/C18H18N6O2S/c25-27(26,14-5-2-1-3-6-14)24-10-4-7-16(24)15-11-20-13-18(22-15)23-17-12-19-8-9-21-17/h1-3,5-6,8-9,11-13,16H,4,7,10H2,(H,21,22,23)/t16-/m1/s1. The van der Waals surface area contributed by atoms with E-state index in [1.807, 2.05) is 0 Å². The average molecular weight is 382 g/mol. The number of nitrogens with one attached hydrogen (secondary N) is 1. The van der Waals surface area contributed by atoms with Gasteiger partial charge >= 0.3 is 0 Å². The molecule has 1 aliphatic heterocycles. The maximum absolute atomic E-state index is 13.0. The third-order valence-electron chi connectivity index (χ3n) is 4.37. The highest BCUT2D eigenvalue weighted by Crippen LogP contribution is 2.35. The number of nitrogens with zero attached hydrogens (tertiary/aromatic N) is 5. The minimum Gasteiger partial charge on any atom is -0.322 e. The van der Waals surface area contributed by atoms with Gasteiger partial charge in [-0.05, 0) is 25.0 Å². The van der Waals surface area contributed by atoms with E-state index in [9.17, 15) is 8.42 Å². The molecule has 1 saturated heterocycles. The van der Waals surface area contributed by atoms with E-state index in [4.69, 9.17) is 0 Å². The number of hydrogen-bond acceptors (Lipinski definition) is 7. The predicted molar refractivity (Wildman–Crippen MR) is 99.7 cm³/mol. The molecule has 1 fully saturated rings. The molecule has 0 amide bonds. The molecule has 8 nitrogen and oxygen atoms in total. The van der Waals surface area contributed by atoms with Gasteiger partial charge in [0.05, 0.1) is 35.2 Å². The van der Waals surface area contributed by atoms with Crippen LogP contribution in [0.2, 0.25) is 0 Å². The van der Waals surface area contributed by atoms with E-state index in [-0.39, 0.29) is 6.04 Å². The summed E-state index contributed by atoms with van der Waals surface area (Å²) in [5.74, 6) is 1.04. The summed E-state index contributed by atoms with van der Waals surface area (Å²) in [4.78, 5) is 17.2. The average Bonchev–Trinajstić information content (AvgIpc) is 3.21. The van der Waals surface area contributed by atoms with Crippen molar-refractivity contribution in [2.24, 2.45) is 0 Å². The normalized spacial score (nSPS) is 17.7. The van der Waals surface area contributed by atoms with Gasteiger partial charge in [-0.25, -0.2) is 18.4 Å². The van der Waals surface area contributed by atoms with Crippen molar-refractivity contribution in [2.45, 2.75) is 23.8 Å². The van der Waals surface area contributed by atoms with Crippen LogP contribution in [0.15, 0.2) is 66.2 Å². The molecular weight excluding hydrogens is 364 g/mol. The summed E-state index contributed by atoms with van der Waals surface area (Å²) in [5.41, 5.74) is 0.612. The van der Waals surface area contributed by atoms with Crippen molar-refractivity contribution < 1.29 is 8.42 Å². The van der Waals surface area contributed by atoms with E-state index < -0.39 is 10.0 Å². The van der Waals surface area contributed by atoms with E-state index in [0.717, 1.165) is 6.42 Å². The van der Waals surface area contributed by atoms with Crippen molar-refractivity contribution in [3.05, 3.63) is 67.0 Å². The fourth-order valence-corrected chi connectivity index (χ4v) is 4.84. The van der Waals surface area contributed by atoms with Gasteiger partial charge < -0.3 is 5.32 Å². The molecular formula is C18H18N6O2S. The lowest BCUT2D eigenvalue weighted by Crippen LogP contribution is -2.31. The molecule has 0 unspecified atom stereocenters. The van der Waals surface area contributed by atoms with Crippen molar-refractivity contribution in [3.63, 3.8) is 0 Å². The lowest BCUT2D eigenvalue weighted by Gasteiger charge is -2.23. The van der Waals surface area contributed by atoms with Crippen molar-refractivity contribution in [2.75, 3.05) is 11.9 Å². The van der Waals surface area contributed by atoms with Gasteiger partial charge in [0.15, 0.2) is 0 Å². The number of aromatic nitrogens is 4. The van der Waals surface area contributed by atoms with Crippen molar-refractivity contribution >= 4 is 21.7 Å². The second-order valence-electron chi connectivity index (χ2n) is 6.13. The summed E-state index contributed by atoms with van der Waals surface area (Å²) >= 11 is 0. The van der Waals surface area contributed by atoms with E-state index in [1.54, 1.807) is 61.3 Å². The lowest BCUT2D eigenvalue weighted by molar-refractivity contribution is 0.390. The molecule has 3 heterocycles. The Labute approximate surface area is 157 Å². The fraction of sp³-hybridized carbons (Fsp3) is 0.222. The zero-order valence-electron chi connectivity index (χ0n) is 14.4. The zero-order chi connectivity index (χ0) is 18.7. The molecule has 138 valence electrons. The van der Waals surface area contributed by atoms with Gasteiger partial charge in [0, 0.05) is 18.9 Å². The number of anilines is 2. The Morgan fingerprint density at radius 2 is 1.81 bits per heavy atom. The second kappa shape index (κ2) is 7.37. The molecule has 0 aliphatic carbocycles. The maximum atomic E-state index is 13.0. The molecule has 1 atom stereocenters. The summed E-state index contributed by atoms with van der Waals surface area (Å²) in [6.45, 7) is 0.464. The van der Waals surface area contributed by atoms with Gasteiger partial charge in [-0.15, -0.1) is 0 Å². The monoisotopic (exact) mass is 382 g/mol. The summed E-state index contributed by atoms with van der Waals surface area (Å²) in [6, 6.07) is 8.14. The molecule has 27 heavy (non-hydrogen) atoms. The topological polar surface area (TPSA) is 101 Å². The zero-order valence-corrected chi connectivity index (χ0v) is 15.2. The Morgan fingerprint density at radius 3 is 2.59 bits per heavy atom. The Balaban J connectivity index is 1.62. The van der Waals surface area contributed by atoms with Gasteiger partial charge in [0.2, 0.25) is 10.0 Å². The number of sulfonamides is 1. The quantitative estimate of drug-likeness (QED) is 0.723. The molecule has 1 N–H and O–H groups in total. The number of benzene rings is 1. The second-order valence-corrected chi connectivity index (χ2v) is 8.02. The van der Waals surface area contributed by atoms with E-state index in [1.165, 1.54) is 4.31 Å². The Hall–Kier alpha value is -2.91. The van der Waals surface area contributed by atoms with Crippen LogP contribution in [-0.4, -0.2) is 39.2 Å². The first-order valence-corrected chi connectivity index (χ1v) is 10.0. The molecule has 0 radical (unpaired) electrons. The number of hydrogen-bond donors (Lipinski definition) is 1. The Morgan fingerprint density at radius 1 is 1.00 bits per heavy atom. The van der Waals surface area contributed by atoms with E-state index in [2.05, 4.69) is 25.3 Å². The lowest BCUT2D eigenvalue weighted by atomic mass is 10.2. The minimum atomic E-state index is -3.58. The first-order valence-electron chi connectivity index (χ1n) is 8.56. The van der Waals surface area contributed by atoms with Crippen molar-refractivity contribution in [3.8, 4) is 0 Å². The smallest absolute Gasteiger partial charge is 0.243 e. The van der Waals surface area contributed by atoms with Gasteiger partial charge in [-0.3, -0.25) is 9.97 Å². The molecule has 0 bridgehead atoms. The molecule has 0 spiro atoms. The fourth-order valence-electron chi connectivity index (χ4n) is 3.15. The summed E-state index contributed by atoms with van der Waals surface area (Å²) < 4.78 is 27.6. The van der Waals surface area contributed by atoms with Crippen LogP contribution < -0.4 is 5.32 Å². The highest BCUT2D eigenvalue weighted by molar-refractivity contribution is 7.89. The van der Waals surface area contributed by atoms with Crippen LogP contribution in [-0.2, 0) is 10.0 Å². The van der Waals surface area contributed by atoms with Gasteiger partial charge in [0.25, 0.3) is 0 Å². The van der Waals surface area contributed by atoms with Crippen LogP contribution in [0.4, 0.5) is 11.6 Å². The predicted octanol–water partition coefficient (Wildman–Crippen LogP) is 2.54. The first kappa shape index (κ1) is 17.5. The Kier molecular flexibility index (Phi) is 4.78. The third kappa shape index (κ3) is 3.64. The van der Waals surface area contributed by atoms with Crippen LogP contribution in [0, 0.1) is 0 Å². The highest BCUT2D eigenvalue weighted by atomic mass is 32.2. The van der Waals surface area contributed by atoms with Crippen molar-refractivity contribution in [1.29, 1.82) is 0 Å². The van der Waals surface area contributed by atoms with Crippen LogP contribution in [0.25, 0.3) is 0 Å². The Bertz CT molecular complexity index is 1010. The number of rotatable bonds is 5. The van der Waals surface area contributed by atoms with Crippen LogP contribution in [0.5, 0.6) is 0 Å².